The number of allylic oxidation sites excluding steroid dienone is 1. The summed E-state index contributed by atoms with van der Waals surface area (Å²) in [6.07, 6.45) is 7.59. The molecule has 1 heterocycles. The van der Waals surface area contributed by atoms with Crippen LogP contribution in [0.2, 0.25) is 0 Å². The Morgan fingerprint density at radius 3 is 2.86 bits per heavy atom. The predicted octanol–water partition coefficient (Wildman–Crippen LogP) is 3.24. The lowest BCUT2D eigenvalue weighted by Crippen LogP contribution is -2.42. The van der Waals surface area contributed by atoms with Gasteiger partial charge in [0.05, 0.1) is 7.11 Å². The van der Waals surface area contributed by atoms with Crippen LogP contribution in [0.25, 0.3) is 0 Å². The number of benzene rings is 1. The molecule has 3 rings (SSSR count). The molecule has 0 aromatic heterocycles. The first-order valence-corrected chi connectivity index (χ1v) is 7.73. The summed E-state index contributed by atoms with van der Waals surface area (Å²) in [5.74, 6) is 1.11. The fourth-order valence-electron chi connectivity index (χ4n) is 3.99. The first kappa shape index (κ1) is 14.9. The van der Waals surface area contributed by atoms with Crippen molar-refractivity contribution in [2.45, 2.75) is 37.6 Å². The third-order valence-electron chi connectivity index (χ3n) is 5.25. The maximum Gasteiger partial charge on any atom is 0.292 e. The van der Waals surface area contributed by atoms with Crippen LogP contribution in [0.5, 0.6) is 11.5 Å². The topological polar surface area (TPSA) is 45.5 Å². The lowest BCUT2D eigenvalue weighted by atomic mass is 9.67. The van der Waals surface area contributed by atoms with Crippen LogP contribution in [0.4, 0.5) is 0 Å². The van der Waals surface area contributed by atoms with Crippen molar-refractivity contribution >= 4 is 0 Å². The maximum absolute atomic E-state index is 8.73. The molecule has 1 saturated heterocycles. The zero-order valence-corrected chi connectivity index (χ0v) is 13.4. The Kier molecular flexibility index (Phi) is 3.84. The molecule has 116 valence electrons. The molecule has 2 aliphatic rings. The van der Waals surface area contributed by atoms with Crippen LogP contribution in [0, 0.1) is 11.5 Å². The Morgan fingerprint density at radius 1 is 1.32 bits per heavy atom. The van der Waals surface area contributed by atoms with Crippen molar-refractivity contribution in [2.75, 3.05) is 20.7 Å². The lowest BCUT2D eigenvalue weighted by molar-refractivity contribution is 0.266. The number of fused-ring (bicyclic) bond motifs is 1. The van der Waals surface area contributed by atoms with Gasteiger partial charge in [0.2, 0.25) is 0 Å². The fraction of sp³-hybridized carbons (Fsp3) is 0.500. The minimum atomic E-state index is 0.146. The first-order chi connectivity index (χ1) is 10.6. The summed E-state index contributed by atoms with van der Waals surface area (Å²) in [4.78, 5) is 2.44. The van der Waals surface area contributed by atoms with Crippen molar-refractivity contribution in [1.29, 1.82) is 5.26 Å². The molecule has 0 amide bonds. The normalized spacial score (nSPS) is 27.7. The highest BCUT2D eigenvalue weighted by molar-refractivity contribution is 5.48. The molecule has 4 nitrogen and oxygen atoms in total. The standard InChI is InChI=1S/C18H22N2O2/c1-13-6-7-18(8-9-20(2)17(18)10-13)14-4-5-15(22-12-19)16(11-14)21-3/h4-5,10-11,17H,6-9H2,1-3H3/t17-,18-/m0/s1. The van der Waals surface area contributed by atoms with E-state index in [2.05, 4.69) is 31.0 Å². The van der Waals surface area contributed by atoms with E-state index in [9.17, 15) is 0 Å². The second kappa shape index (κ2) is 5.66. The van der Waals surface area contributed by atoms with E-state index < -0.39 is 0 Å². The molecule has 0 spiro atoms. The fourth-order valence-corrected chi connectivity index (χ4v) is 3.99. The van der Waals surface area contributed by atoms with Crippen LogP contribution < -0.4 is 9.47 Å². The third kappa shape index (κ3) is 2.26. The SMILES string of the molecule is COc1cc([C@@]23CCC(C)=C[C@@H]2N(C)CC3)ccc1OC#N. The van der Waals surface area contributed by atoms with Crippen molar-refractivity contribution in [3.8, 4) is 17.8 Å². The molecule has 0 N–H and O–H groups in total. The van der Waals surface area contributed by atoms with Gasteiger partial charge in [0, 0.05) is 11.5 Å². The number of methoxy groups -OCH3 is 1. The van der Waals surface area contributed by atoms with Gasteiger partial charge in [-0.25, -0.2) is 0 Å². The Balaban J connectivity index is 2.04. The van der Waals surface area contributed by atoms with E-state index in [1.165, 1.54) is 11.1 Å². The summed E-state index contributed by atoms with van der Waals surface area (Å²) in [7, 11) is 3.82. The average Bonchev–Trinajstić information content (AvgIpc) is 2.86. The summed E-state index contributed by atoms with van der Waals surface area (Å²) >= 11 is 0. The van der Waals surface area contributed by atoms with E-state index in [4.69, 9.17) is 14.7 Å². The van der Waals surface area contributed by atoms with Crippen molar-refractivity contribution in [3.63, 3.8) is 0 Å². The van der Waals surface area contributed by atoms with E-state index in [1.54, 1.807) is 13.4 Å². The van der Waals surface area contributed by atoms with Gasteiger partial charge in [-0.2, -0.15) is 0 Å². The van der Waals surface area contributed by atoms with Gasteiger partial charge in [0.1, 0.15) is 0 Å². The van der Waals surface area contributed by atoms with Gasteiger partial charge in [0.15, 0.2) is 11.5 Å². The second-order valence-corrected chi connectivity index (χ2v) is 6.40. The molecule has 22 heavy (non-hydrogen) atoms. The molecule has 2 atom stereocenters. The quantitative estimate of drug-likeness (QED) is 0.635. The number of likely N-dealkylation sites (tertiary alicyclic amines) is 1. The van der Waals surface area contributed by atoms with Crippen LogP contribution in [0.3, 0.4) is 0 Å². The highest BCUT2D eigenvalue weighted by atomic mass is 16.5. The van der Waals surface area contributed by atoms with E-state index >= 15 is 0 Å². The lowest BCUT2D eigenvalue weighted by Gasteiger charge is -2.40. The summed E-state index contributed by atoms with van der Waals surface area (Å²) < 4.78 is 10.4. The van der Waals surface area contributed by atoms with Crippen LogP contribution in [-0.2, 0) is 5.41 Å². The van der Waals surface area contributed by atoms with E-state index in [1.807, 2.05) is 12.1 Å². The molecule has 1 aliphatic heterocycles. The van der Waals surface area contributed by atoms with Gasteiger partial charge in [-0.05, 0) is 57.5 Å². The molecule has 0 radical (unpaired) electrons. The first-order valence-electron chi connectivity index (χ1n) is 7.73. The molecule has 0 bridgehead atoms. The van der Waals surface area contributed by atoms with Gasteiger partial charge in [-0.3, -0.25) is 4.90 Å². The summed E-state index contributed by atoms with van der Waals surface area (Å²) in [5, 5.41) is 8.73. The van der Waals surface area contributed by atoms with Gasteiger partial charge in [0.25, 0.3) is 6.26 Å². The molecule has 0 unspecified atom stereocenters. The average molecular weight is 298 g/mol. The number of nitriles is 1. The molecular formula is C18H22N2O2. The Bertz CT molecular complexity index is 647. The van der Waals surface area contributed by atoms with E-state index in [0.29, 0.717) is 17.5 Å². The minimum Gasteiger partial charge on any atom is -0.493 e. The number of hydrogen-bond donors (Lipinski definition) is 0. The van der Waals surface area contributed by atoms with Crippen molar-refractivity contribution in [1.82, 2.24) is 4.90 Å². The number of likely N-dealkylation sites (N-methyl/N-ethyl adjacent to an activating group) is 1. The maximum atomic E-state index is 8.73. The minimum absolute atomic E-state index is 0.146. The van der Waals surface area contributed by atoms with E-state index in [-0.39, 0.29) is 5.41 Å². The summed E-state index contributed by atoms with van der Waals surface area (Å²) in [6, 6.07) is 6.43. The number of hydrogen-bond acceptors (Lipinski definition) is 4. The number of rotatable bonds is 3. The molecule has 4 heteroatoms. The highest BCUT2D eigenvalue weighted by Gasteiger charge is 2.47. The van der Waals surface area contributed by atoms with Gasteiger partial charge < -0.3 is 9.47 Å². The molecule has 1 aromatic rings. The zero-order valence-electron chi connectivity index (χ0n) is 13.4. The smallest absolute Gasteiger partial charge is 0.292 e. The zero-order chi connectivity index (χ0) is 15.7. The van der Waals surface area contributed by atoms with Crippen LogP contribution >= 0.6 is 0 Å². The van der Waals surface area contributed by atoms with Crippen molar-refractivity contribution < 1.29 is 9.47 Å². The molecule has 1 aliphatic carbocycles. The van der Waals surface area contributed by atoms with Crippen LogP contribution in [0.1, 0.15) is 31.7 Å². The Labute approximate surface area is 131 Å². The van der Waals surface area contributed by atoms with Crippen LogP contribution in [0.15, 0.2) is 29.8 Å². The second-order valence-electron chi connectivity index (χ2n) is 6.40. The van der Waals surface area contributed by atoms with Gasteiger partial charge >= 0.3 is 0 Å². The Hall–Kier alpha value is -1.99. The predicted molar refractivity (Wildman–Crippen MR) is 84.9 cm³/mol. The summed E-state index contributed by atoms with van der Waals surface area (Å²) in [6.45, 7) is 3.33. The Morgan fingerprint density at radius 2 is 2.14 bits per heavy atom. The van der Waals surface area contributed by atoms with Crippen molar-refractivity contribution in [2.24, 2.45) is 0 Å². The number of ether oxygens (including phenoxy) is 2. The molecular weight excluding hydrogens is 276 g/mol. The third-order valence-corrected chi connectivity index (χ3v) is 5.25. The summed E-state index contributed by atoms with van der Waals surface area (Å²) in [5.41, 5.74) is 2.91. The van der Waals surface area contributed by atoms with Gasteiger partial charge in [-0.15, -0.1) is 5.26 Å². The van der Waals surface area contributed by atoms with E-state index in [0.717, 1.165) is 25.8 Å². The van der Waals surface area contributed by atoms with Crippen LogP contribution in [-0.4, -0.2) is 31.6 Å². The highest BCUT2D eigenvalue weighted by Crippen LogP contribution is 2.48. The largest absolute Gasteiger partial charge is 0.493 e. The molecule has 1 fully saturated rings. The monoisotopic (exact) mass is 298 g/mol. The number of nitrogens with zero attached hydrogens (tertiary/aromatic N) is 2. The van der Waals surface area contributed by atoms with Crippen molar-refractivity contribution in [3.05, 3.63) is 35.4 Å². The molecule has 1 aromatic carbocycles. The molecule has 0 saturated carbocycles. The van der Waals surface area contributed by atoms with Gasteiger partial charge in [-0.1, -0.05) is 17.7 Å².